The van der Waals surface area contributed by atoms with Crippen LogP contribution in [0, 0.1) is 0 Å². The number of benzene rings is 3. The lowest BCUT2D eigenvalue weighted by Crippen LogP contribution is -2.20. The van der Waals surface area contributed by atoms with E-state index >= 15 is 0 Å². The fourth-order valence-corrected chi connectivity index (χ4v) is 2.39. The quantitative estimate of drug-likeness (QED) is 0.720. The Kier molecular flexibility index (Phi) is 3.09. The molecular formula is C17H14N2O. The average Bonchev–Trinajstić information content (AvgIpc) is 2.48. The number of amides is 2. The molecule has 0 aliphatic rings. The second kappa shape index (κ2) is 5.05. The van der Waals surface area contributed by atoms with Crippen LogP contribution in [0.4, 0.5) is 10.5 Å². The summed E-state index contributed by atoms with van der Waals surface area (Å²) in [5.74, 6) is 0. The highest BCUT2D eigenvalue weighted by molar-refractivity contribution is 6.07. The number of urea groups is 1. The Hall–Kier alpha value is -2.81. The number of nitrogens with two attached hydrogens (primary N) is 1. The zero-order valence-electron chi connectivity index (χ0n) is 10.8. The third-order valence-electron chi connectivity index (χ3n) is 3.26. The molecule has 3 heteroatoms. The summed E-state index contributed by atoms with van der Waals surface area (Å²) >= 11 is 0. The number of hydrogen-bond acceptors (Lipinski definition) is 1. The van der Waals surface area contributed by atoms with E-state index in [1.165, 1.54) is 0 Å². The second-order valence-corrected chi connectivity index (χ2v) is 4.56. The molecule has 98 valence electrons. The van der Waals surface area contributed by atoms with Gasteiger partial charge in [-0.1, -0.05) is 66.7 Å². The molecule has 0 spiro atoms. The number of anilines is 1. The maximum absolute atomic E-state index is 11.3. The van der Waals surface area contributed by atoms with Gasteiger partial charge in [0.2, 0.25) is 0 Å². The minimum Gasteiger partial charge on any atom is -0.351 e. The van der Waals surface area contributed by atoms with Gasteiger partial charge in [0.05, 0.1) is 5.69 Å². The van der Waals surface area contributed by atoms with Crippen LogP contribution in [0.2, 0.25) is 0 Å². The summed E-state index contributed by atoms with van der Waals surface area (Å²) in [4.78, 5) is 11.3. The second-order valence-electron chi connectivity index (χ2n) is 4.56. The van der Waals surface area contributed by atoms with Crippen LogP contribution in [0.3, 0.4) is 0 Å². The molecule has 0 unspecified atom stereocenters. The molecule has 0 heterocycles. The number of rotatable bonds is 2. The van der Waals surface area contributed by atoms with Gasteiger partial charge in [0.1, 0.15) is 0 Å². The van der Waals surface area contributed by atoms with Crippen molar-refractivity contribution in [2.75, 3.05) is 5.32 Å². The lowest BCUT2D eigenvalue weighted by atomic mass is 9.98. The molecule has 0 aliphatic heterocycles. The fourth-order valence-electron chi connectivity index (χ4n) is 2.39. The Morgan fingerprint density at radius 2 is 1.55 bits per heavy atom. The largest absolute Gasteiger partial charge is 0.351 e. The van der Waals surface area contributed by atoms with Gasteiger partial charge in [0, 0.05) is 10.9 Å². The zero-order chi connectivity index (χ0) is 13.9. The van der Waals surface area contributed by atoms with E-state index in [0.29, 0.717) is 0 Å². The van der Waals surface area contributed by atoms with Crippen molar-refractivity contribution in [1.29, 1.82) is 0 Å². The lowest BCUT2D eigenvalue weighted by Gasteiger charge is -2.13. The highest BCUT2D eigenvalue weighted by Gasteiger charge is 2.10. The Labute approximate surface area is 117 Å². The molecular weight excluding hydrogens is 248 g/mol. The Morgan fingerprint density at radius 3 is 2.30 bits per heavy atom. The van der Waals surface area contributed by atoms with Crippen molar-refractivity contribution in [1.82, 2.24) is 0 Å². The molecule has 0 fully saturated rings. The van der Waals surface area contributed by atoms with Crippen LogP contribution in [-0.2, 0) is 0 Å². The predicted molar refractivity (Wildman–Crippen MR) is 82.6 cm³/mol. The van der Waals surface area contributed by atoms with E-state index in [0.717, 1.165) is 27.6 Å². The summed E-state index contributed by atoms with van der Waals surface area (Å²) in [6.45, 7) is 0. The van der Waals surface area contributed by atoms with Gasteiger partial charge >= 0.3 is 6.03 Å². The first kappa shape index (κ1) is 12.2. The average molecular weight is 262 g/mol. The van der Waals surface area contributed by atoms with Gasteiger partial charge in [-0.15, -0.1) is 0 Å². The number of primary amides is 1. The van der Waals surface area contributed by atoms with E-state index < -0.39 is 6.03 Å². The normalized spacial score (nSPS) is 10.4. The molecule has 0 saturated carbocycles. The first-order chi connectivity index (χ1) is 9.75. The number of nitrogens with one attached hydrogen (secondary N) is 1. The zero-order valence-corrected chi connectivity index (χ0v) is 10.8. The Bertz CT molecular complexity index is 766. The first-order valence-electron chi connectivity index (χ1n) is 6.39. The van der Waals surface area contributed by atoms with E-state index in [1.807, 2.05) is 66.7 Å². The monoisotopic (exact) mass is 262 g/mol. The minimum atomic E-state index is -0.557. The number of carbonyl (C=O) groups is 1. The number of fused-ring (bicyclic) bond motifs is 1. The van der Waals surface area contributed by atoms with E-state index in [-0.39, 0.29) is 0 Å². The summed E-state index contributed by atoms with van der Waals surface area (Å²) in [7, 11) is 0. The van der Waals surface area contributed by atoms with Crippen molar-refractivity contribution in [3.8, 4) is 11.1 Å². The molecule has 2 amide bonds. The third-order valence-corrected chi connectivity index (χ3v) is 3.26. The van der Waals surface area contributed by atoms with Crippen molar-refractivity contribution < 1.29 is 4.79 Å². The van der Waals surface area contributed by atoms with Crippen LogP contribution in [0.15, 0.2) is 66.7 Å². The van der Waals surface area contributed by atoms with Crippen LogP contribution >= 0.6 is 0 Å². The molecule has 3 N–H and O–H groups in total. The summed E-state index contributed by atoms with van der Waals surface area (Å²) < 4.78 is 0. The Morgan fingerprint density at radius 1 is 0.850 bits per heavy atom. The van der Waals surface area contributed by atoms with Crippen molar-refractivity contribution in [2.24, 2.45) is 5.73 Å². The maximum Gasteiger partial charge on any atom is 0.316 e. The summed E-state index contributed by atoms with van der Waals surface area (Å²) in [6.07, 6.45) is 0. The van der Waals surface area contributed by atoms with Gasteiger partial charge < -0.3 is 11.1 Å². The van der Waals surface area contributed by atoms with Gasteiger partial charge in [-0.05, 0) is 10.9 Å². The molecule has 0 radical (unpaired) electrons. The van der Waals surface area contributed by atoms with E-state index in [1.54, 1.807) is 0 Å². The van der Waals surface area contributed by atoms with E-state index in [9.17, 15) is 4.79 Å². The maximum atomic E-state index is 11.3. The SMILES string of the molecule is NC(=O)Nc1c(-c2ccccc2)ccc2ccccc12. The molecule has 3 aromatic carbocycles. The molecule has 3 nitrogen and oxygen atoms in total. The molecule has 0 aliphatic carbocycles. The van der Waals surface area contributed by atoms with Gasteiger partial charge in [-0.25, -0.2) is 4.79 Å². The van der Waals surface area contributed by atoms with E-state index in [2.05, 4.69) is 5.32 Å². The fraction of sp³-hybridized carbons (Fsp3) is 0. The lowest BCUT2D eigenvalue weighted by molar-refractivity contribution is 0.259. The molecule has 20 heavy (non-hydrogen) atoms. The van der Waals surface area contributed by atoms with Crippen LogP contribution in [0.5, 0.6) is 0 Å². The van der Waals surface area contributed by atoms with Gasteiger partial charge in [0.25, 0.3) is 0 Å². The first-order valence-corrected chi connectivity index (χ1v) is 6.39. The van der Waals surface area contributed by atoms with Crippen LogP contribution in [0.1, 0.15) is 0 Å². The van der Waals surface area contributed by atoms with E-state index in [4.69, 9.17) is 5.73 Å². The molecule has 0 bridgehead atoms. The predicted octanol–water partition coefficient (Wildman–Crippen LogP) is 4.00. The molecule has 0 atom stereocenters. The van der Waals surface area contributed by atoms with Crippen LogP contribution in [-0.4, -0.2) is 6.03 Å². The summed E-state index contributed by atoms with van der Waals surface area (Å²) in [5, 5.41) is 4.80. The smallest absolute Gasteiger partial charge is 0.316 e. The third kappa shape index (κ3) is 2.21. The van der Waals surface area contributed by atoms with Crippen LogP contribution in [0.25, 0.3) is 21.9 Å². The van der Waals surface area contributed by atoms with Crippen molar-refractivity contribution in [3.05, 3.63) is 66.7 Å². The molecule has 0 aromatic heterocycles. The topological polar surface area (TPSA) is 55.1 Å². The van der Waals surface area contributed by atoms with Gasteiger partial charge in [-0.2, -0.15) is 0 Å². The van der Waals surface area contributed by atoms with Gasteiger partial charge in [-0.3, -0.25) is 0 Å². The molecule has 3 rings (SSSR count). The number of hydrogen-bond donors (Lipinski definition) is 2. The Balaban J connectivity index is 2.28. The standard InChI is InChI=1S/C17H14N2O/c18-17(20)19-16-14-9-5-4-8-13(14)10-11-15(16)12-6-2-1-3-7-12/h1-11H,(H3,18,19,20). The molecule has 3 aromatic rings. The van der Waals surface area contributed by atoms with Crippen molar-refractivity contribution >= 4 is 22.5 Å². The van der Waals surface area contributed by atoms with Crippen molar-refractivity contribution in [3.63, 3.8) is 0 Å². The van der Waals surface area contributed by atoms with Crippen LogP contribution < -0.4 is 11.1 Å². The van der Waals surface area contributed by atoms with Crippen molar-refractivity contribution in [2.45, 2.75) is 0 Å². The van der Waals surface area contributed by atoms with Gasteiger partial charge in [0.15, 0.2) is 0 Å². The highest BCUT2D eigenvalue weighted by atomic mass is 16.2. The summed E-state index contributed by atoms with van der Waals surface area (Å²) in [6, 6.07) is 21.3. The minimum absolute atomic E-state index is 0.557. The summed E-state index contributed by atoms with van der Waals surface area (Å²) in [5.41, 5.74) is 8.07. The number of carbonyl (C=O) groups excluding carboxylic acids is 1. The highest BCUT2D eigenvalue weighted by Crippen LogP contribution is 2.34. The molecule has 0 saturated heterocycles.